The molecule has 4 aromatic rings. The fourth-order valence-electron chi connectivity index (χ4n) is 3.75. The molecule has 0 atom stereocenters. The zero-order valence-corrected chi connectivity index (χ0v) is 18.2. The van der Waals surface area contributed by atoms with Crippen molar-refractivity contribution in [2.24, 2.45) is 0 Å². The largest absolute Gasteiger partial charge is 0.383 e. The van der Waals surface area contributed by atoms with Gasteiger partial charge < -0.3 is 11.1 Å². The average molecular weight is 479 g/mol. The van der Waals surface area contributed by atoms with Crippen molar-refractivity contribution in [3.63, 3.8) is 0 Å². The second-order valence-corrected chi connectivity index (χ2v) is 9.50. The summed E-state index contributed by atoms with van der Waals surface area (Å²) in [6.07, 6.45) is -0.323. The van der Waals surface area contributed by atoms with Gasteiger partial charge in [0.15, 0.2) is 11.6 Å². The highest BCUT2D eigenvalue weighted by Crippen LogP contribution is 2.40. The van der Waals surface area contributed by atoms with Gasteiger partial charge in [-0.2, -0.15) is 19.7 Å². The molecule has 5 rings (SSSR count). The van der Waals surface area contributed by atoms with Gasteiger partial charge in [0.05, 0.1) is 21.0 Å². The molecule has 0 fully saturated rings. The first kappa shape index (κ1) is 20.7. The summed E-state index contributed by atoms with van der Waals surface area (Å²) in [6.45, 7) is 3.41. The summed E-state index contributed by atoms with van der Waals surface area (Å²) in [5.74, 6) is -3.19. The second kappa shape index (κ2) is 6.91. The van der Waals surface area contributed by atoms with Crippen molar-refractivity contribution in [1.29, 1.82) is 0 Å². The normalized spacial score (nSPS) is 14.8. The van der Waals surface area contributed by atoms with Crippen molar-refractivity contribution < 1.29 is 18.0 Å². The molecule has 3 aromatic heterocycles. The summed E-state index contributed by atoms with van der Waals surface area (Å²) < 4.78 is 43.9. The van der Waals surface area contributed by atoms with E-state index in [1.165, 1.54) is 4.68 Å². The molecule has 0 aliphatic carbocycles. The van der Waals surface area contributed by atoms with Gasteiger partial charge in [-0.15, -0.1) is 11.3 Å². The maximum Gasteiger partial charge on any atom is 0.255 e. The molecule has 4 heterocycles. The van der Waals surface area contributed by atoms with Crippen LogP contribution in [0.15, 0.2) is 18.2 Å². The lowest BCUT2D eigenvalue weighted by atomic mass is 9.87. The number of nitrogen functional groups attached to an aromatic ring is 1. The lowest BCUT2D eigenvalue weighted by molar-refractivity contribution is -0.119. The van der Waals surface area contributed by atoms with Crippen LogP contribution in [0.25, 0.3) is 16.2 Å². The Bertz CT molecular complexity index is 1450. The summed E-state index contributed by atoms with van der Waals surface area (Å²) in [5.41, 5.74) is 5.50. The van der Waals surface area contributed by atoms with Crippen LogP contribution >= 0.6 is 22.9 Å². The van der Waals surface area contributed by atoms with Crippen LogP contribution in [0, 0.1) is 17.5 Å². The summed E-state index contributed by atoms with van der Waals surface area (Å²) in [6, 6.07) is 3.18. The maximum absolute atomic E-state index is 14.2. The summed E-state index contributed by atoms with van der Waals surface area (Å²) in [4.78, 5) is 21.5. The van der Waals surface area contributed by atoms with E-state index in [1.54, 1.807) is 19.9 Å². The lowest BCUT2D eigenvalue weighted by Crippen LogP contribution is -2.27. The zero-order chi connectivity index (χ0) is 22.9. The van der Waals surface area contributed by atoms with E-state index >= 15 is 0 Å². The Balaban J connectivity index is 1.67. The Morgan fingerprint density at radius 2 is 1.94 bits per heavy atom. The number of thiophene rings is 1. The van der Waals surface area contributed by atoms with Crippen LogP contribution in [0.4, 0.5) is 24.8 Å². The standard InChI is InChI=1S/C20H14ClF3N6OS/c1-20(2)13-15(25)26-19(28-16(13)27-18(20)31)30-17-8(6-12(21)32-17)11(29-30)5-7-9(22)3-4-10(23)14(7)24/h3-4,6H,5H2,1-2H3,(H3,25,26,27,28,31). The van der Waals surface area contributed by atoms with Crippen LogP contribution < -0.4 is 11.1 Å². The smallest absolute Gasteiger partial charge is 0.255 e. The molecular weight excluding hydrogens is 465 g/mol. The fraction of sp³-hybridized carbons (Fsp3) is 0.200. The number of hydrogen-bond acceptors (Lipinski definition) is 6. The van der Waals surface area contributed by atoms with Crippen LogP contribution in [0.1, 0.15) is 30.7 Å². The minimum atomic E-state index is -1.28. The van der Waals surface area contributed by atoms with E-state index in [2.05, 4.69) is 20.4 Å². The highest BCUT2D eigenvalue weighted by Gasteiger charge is 2.42. The first-order chi connectivity index (χ1) is 15.1. The SMILES string of the molecule is CC1(C)C(=O)Nc2nc(-n3nc(Cc4c(F)ccc(F)c4F)c4cc(Cl)sc43)nc(N)c21. The quantitative estimate of drug-likeness (QED) is 0.426. The number of fused-ring (bicyclic) bond motifs is 2. The fourth-order valence-corrected chi connectivity index (χ4v) is 4.93. The molecular formula is C20H14ClF3N6OS. The average Bonchev–Trinajstić information content (AvgIpc) is 3.32. The maximum atomic E-state index is 14.2. The van der Waals surface area contributed by atoms with Crippen molar-refractivity contribution >= 4 is 50.7 Å². The number of carbonyl (C=O) groups is 1. The molecule has 0 spiro atoms. The van der Waals surface area contributed by atoms with E-state index in [-0.39, 0.29) is 35.6 Å². The molecule has 0 saturated carbocycles. The molecule has 1 aromatic carbocycles. The van der Waals surface area contributed by atoms with Crippen molar-refractivity contribution in [3.8, 4) is 5.95 Å². The Morgan fingerprint density at radius 3 is 2.69 bits per heavy atom. The molecule has 3 N–H and O–H groups in total. The van der Waals surface area contributed by atoms with E-state index in [0.29, 0.717) is 20.1 Å². The molecule has 0 radical (unpaired) electrons. The molecule has 164 valence electrons. The van der Waals surface area contributed by atoms with Gasteiger partial charge in [0, 0.05) is 17.4 Å². The first-order valence-corrected chi connectivity index (χ1v) is 10.6. The van der Waals surface area contributed by atoms with Crippen molar-refractivity contribution in [2.75, 3.05) is 11.1 Å². The van der Waals surface area contributed by atoms with Crippen LogP contribution in [0.3, 0.4) is 0 Å². The molecule has 0 bridgehead atoms. The van der Waals surface area contributed by atoms with Gasteiger partial charge >= 0.3 is 0 Å². The van der Waals surface area contributed by atoms with Gasteiger partial charge in [0.2, 0.25) is 5.91 Å². The van der Waals surface area contributed by atoms with Crippen LogP contribution in [-0.4, -0.2) is 25.7 Å². The number of nitrogens with one attached hydrogen (secondary N) is 1. The summed E-state index contributed by atoms with van der Waals surface area (Å²) in [7, 11) is 0. The highest BCUT2D eigenvalue weighted by atomic mass is 35.5. The Labute approximate surface area is 188 Å². The Kier molecular flexibility index (Phi) is 4.47. The van der Waals surface area contributed by atoms with Crippen LogP contribution in [0.5, 0.6) is 0 Å². The lowest BCUT2D eigenvalue weighted by Gasteiger charge is -2.16. The molecule has 0 unspecified atom stereocenters. The van der Waals surface area contributed by atoms with Gasteiger partial charge in [-0.1, -0.05) is 11.6 Å². The van der Waals surface area contributed by atoms with E-state index in [1.807, 2.05) is 0 Å². The highest BCUT2D eigenvalue weighted by molar-refractivity contribution is 7.22. The molecule has 32 heavy (non-hydrogen) atoms. The van der Waals surface area contributed by atoms with Crippen LogP contribution in [-0.2, 0) is 16.6 Å². The Hall–Kier alpha value is -3.18. The van der Waals surface area contributed by atoms with Crippen LogP contribution in [0.2, 0.25) is 4.34 Å². The first-order valence-electron chi connectivity index (χ1n) is 9.37. The van der Waals surface area contributed by atoms with Gasteiger partial charge in [0.25, 0.3) is 5.95 Å². The predicted octanol–water partition coefficient (Wildman–Crippen LogP) is 4.35. The number of nitrogens with two attached hydrogens (primary N) is 1. The molecule has 12 heteroatoms. The van der Waals surface area contributed by atoms with E-state index in [9.17, 15) is 18.0 Å². The number of carbonyl (C=O) groups excluding carboxylic acids is 1. The number of amides is 1. The van der Waals surface area contributed by atoms with E-state index in [0.717, 1.165) is 23.5 Å². The zero-order valence-electron chi connectivity index (χ0n) is 16.6. The predicted molar refractivity (Wildman–Crippen MR) is 115 cm³/mol. The number of halogens is 4. The monoisotopic (exact) mass is 478 g/mol. The third-order valence-corrected chi connectivity index (χ3v) is 6.67. The number of nitrogens with zero attached hydrogens (tertiary/aromatic N) is 4. The number of aromatic nitrogens is 4. The number of hydrogen-bond donors (Lipinski definition) is 2. The topological polar surface area (TPSA) is 98.7 Å². The molecule has 1 aliphatic heterocycles. The Morgan fingerprint density at radius 1 is 1.22 bits per heavy atom. The molecule has 7 nitrogen and oxygen atoms in total. The van der Waals surface area contributed by atoms with Crippen molar-refractivity contribution in [3.05, 3.63) is 56.8 Å². The molecule has 1 aliphatic rings. The van der Waals surface area contributed by atoms with Gasteiger partial charge in [-0.25, -0.2) is 13.2 Å². The van der Waals surface area contributed by atoms with Crippen molar-refractivity contribution in [2.45, 2.75) is 25.7 Å². The van der Waals surface area contributed by atoms with Gasteiger partial charge in [-0.05, 0) is 32.0 Å². The second-order valence-electron chi connectivity index (χ2n) is 7.84. The number of anilines is 2. The van der Waals surface area contributed by atoms with E-state index < -0.39 is 28.4 Å². The minimum Gasteiger partial charge on any atom is -0.383 e. The molecule has 1 amide bonds. The minimum absolute atomic E-state index is 0.0502. The summed E-state index contributed by atoms with van der Waals surface area (Å²) >= 11 is 7.33. The van der Waals surface area contributed by atoms with Crippen molar-refractivity contribution in [1.82, 2.24) is 19.7 Å². The van der Waals surface area contributed by atoms with E-state index in [4.69, 9.17) is 17.3 Å². The van der Waals surface area contributed by atoms with Gasteiger partial charge in [-0.3, -0.25) is 4.79 Å². The third kappa shape index (κ3) is 2.95. The molecule has 0 saturated heterocycles. The summed E-state index contributed by atoms with van der Waals surface area (Å²) in [5, 5.41) is 7.60. The van der Waals surface area contributed by atoms with Gasteiger partial charge in [0.1, 0.15) is 22.3 Å². The third-order valence-electron chi connectivity index (χ3n) is 5.43. The number of rotatable bonds is 3. The number of benzene rings is 1.